The maximum Gasteiger partial charge on any atom is 0.223 e. The Labute approximate surface area is 132 Å². The van der Waals surface area contributed by atoms with E-state index >= 15 is 0 Å². The Morgan fingerprint density at radius 1 is 1.48 bits per heavy atom. The summed E-state index contributed by atoms with van der Waals surface area (Å²) in [7, 11) is 0. The molecule has 2 rings (SSSR count). The van der Waals surface area contributed by atoms with Crippen LogP contribution < -0.4 is 10.6 Å². The lowest BCUT2D eigenvalue weighted by Gasteiger charge is -2.33. The predicted molar refractivity (Wildman–Crippen MR) is 87.5 cm³/mol. The fourth-order valence-corrected chi connectivity index (χ4v) is 2.84. The van der Waals surface area contributed by atoms with Gasteiger partial charge < -0.3 is 10.6 Å². The third-order valence-electron chi connectivity index (χ3n) is 4.25. The Morgan fingerprint density at radius 3 is 2.76 bits per heavy atom. The van der Waals surface area contributed by atoms with E-state index in [2.05, 4.69) is 30.5 Å². The predicted octanol–water partition coefficient (Wildman–Crippen LogP) is 2.88. The van der Waals surface area contributed by atoms with Crippen LogP contribution in [0.5, 0.6) is 0 Å². The fourth-order valence-electron chi connectivity index (χ4n) is 2.63. The van der Waals surface area contributed by atoms with E-state index in [1.54, 1.807) is 0 Å². The quantitative estimate of drug-likeness (QED) is 0.848. The molecule has 1 saturated heterocycles. The summed E-state index contributed by atoms with van der Waals surface area (Å²) in [4.78, 5) is 12.2. The Balaban J connectivity index is 1.84. The van der Waals surface area contributed by atoms with Gasteiger partial charge in [-0.25, -0.2) is 0 Å². The molecule has 1 aliphatic rings. The monoisotopic (exact) mass is 308 g/mol. The molecule has 1 unspecified atom stereocenters. The molecule has 21 heavy (non-hydrogen) atoms. The number of rotatable bonds is 6. The van der Waals surface area contributed by atoms with Crippen LogP contribution in [0.2, 0.25) is 5.02 Å². The fraction of sp³-hybridized carbons (Fsp3) is 0.588. The van der Waals surface area contributed by atoms with Crippen LogP contribution in [0.15, 0.2) is 24.3 Å². The highest BCUT2D eigenvalue weighted by atomic mass is 35.5. The smallest absolute Gasteiger partial charge is 0.223 e. The van der Waals surface area contributed by atoms with Crippen molar-refractivity contribution in [3.8, 4) is 0 Å². The Kier molecular flexibility index (Phi) is 5.28. The first-order valence-electron chi connectivity index (χ1n) is 7.60. The van der Waals surface area contributed by atoms with Gasteiger partial charge in [0.25, 0.3) is 0 Å². The summed E-state index contributed by atoms with van der Waals surface area (Å²) < 4.78 is 0. The number of amides is 1. The van der Waals surface area contributed by atoms with E-state index in [0.29, 0.717) is 12.5 Å². The van der Waals surface area contributed by atoms with Crippen molar-refractivity contribution < 1.29 is 4.79 Å². The summed E-state index contributed by atoms with van der Waals surface area (Å²) in [5, 5.41) is 7.08. The van der Waals surface area contributed by atoms with Crippen molar-refractivity contribution in [1.29, 1.82) is 0 Å². The number of carbonyl (C=O) groups is 1. The van der Waals surface area contributed by atoms with Gasteiger partial charge in [0.15, 0.2) is 0 Å². The Hall–Kier alpha value is -1.06. The highest BCUT2D eigenvalue weighted by molar-refractivity contribution is 6.30. The molecule has 0 aromatic heterocycles. The van der Waals surface area contributed by atoms with Gasteiger partial charge in [0.1, 0.15) is 0 Å². The van der Waals surface area contributed by atoms with E-state index in [1.807, 2.05) is 25.1 Å². The van der Waals surface area contributed by atoms with E-state index in [9.17, 15) is 4.79 Å². The highest BCUT2D eigenvalue weighted by Crippen LogP contribution is 2.23. The van der Waals surface area contributed by atoms with Crippen molar-refractivity contribution in [3.05, 3.63) is 34.9 Å². The lowest BCUT2D eigenvalue weighted by Crippen LogP contribution is -2.50. The minimum Gasteiger partial charge on any atom is -0.355 e. The number of halogens is 1. The second-order valence-corrected chi connectivity index (χ2v) is 7.33. The first-order chi connectivity index (χ1) is 9.87. The average Bonchev–Trinajstić information content (AvgIpc) is 2.33. The number of hydrogen-bond donors (Lipinski definition) is 2. The van der Waals surface area contributed by atoms with Gasteiger partial charge in [0.2, 0.25) is 5.91 Å². The second kappa shape index (κ2) is 6.80. The molecular formula is C17H25ClN2O. The van der Waals surface area contributed by atoms with Gasteiger partial charge in [-0.3, -0.25) is 4.79 Å². The molecule has 0 spiro atoms. The third kappa shape index (κ3) is 4.72. The molecule has 1 atom stereocenters. The van der Waals surface area contributed by atoms with Gasteiger partial charge >= 0.3 is 0 Å². The average molecular weight is 309 g/mol. The van der Waals surface area contributed by atoms with Crippen LogP contribution in [0.4, 0.5) is 0 Å². The molecule has 1 aromatic rings. The van der Waals surface area contributed by atoms with Crippen LogP contribution in [0, 0.1) is 17.3 Å². The minimum atomic E-state index is 0.0118. The summed E-state index contributed by atoms with van der Waals surface area (Å²) in [5.74, 6) is 0.745. The topological polar surface area (TPSA) is 41.1 Å². The lowest BCUT2D eigenvalue weighted by atomic mass is 9.84. The molecule has 4 heteroatoms. The van der Waals surface area contributed by atoms with Crippen molar-refractivity contribution in [1.82, 2.24) is 10.6 Å². The molecule has 1 aliphatic heterocycles. The van der Waals surface area contributed by atoms with Gasteiger partial charge in [-0.05, 0) is 48.5 Å². The third-order valence-corrected chi connectivity index (χ3v) is 4.48. The molecule has 0 bridgehead atoms. The van der Waals surface area contributed by atoms with Gasteiger partial charge in [-0.2, -0.15) is 0 Å². The largest absolute Gasteiger partial charge is 0.355 e. The van der Waals surface area contributed by atoms with E-state index in [4.69, 9.17) is 11.6 Å². The molecule has 1 amide bonds. The summed E-state index contributed by atoms with van der Waals surface area (Å²) >= 11 is 6.02. The minimum absolute atomic E-state index is 0.0118. The number of hydrogen-bond acceptors (Lipinski definition) is 2. The molecule has 0 aliphatic carbocycles. The number of carbonyl (C=O) groups excluding carboxylic acids is 1. The lowest BCUT2D eigenvalue weighted by molar-refractivity contribution is -0.127. The van der Waals surface area contributed by atoms with Gasteiger partial charge in [-0.1, -0.05) is 44.5 Å². The summed E-state index contributed by atoms with van der Waals surface area (Å²) in [6.07, 6.45) is 0.896. The summed E-state index contributed by atoms with van der Waals surface area (Å²) in [6, 6.07) is 7.93. The normalized spacial score (nSPS) is 17.1. The van der Waals surface area contributed by atoms with E-state index in [0.717, 1.165) is 24.5 Å². The van der Waals surface area contributed by atoms with Crippen molar-refractivity contribution in [3.63, 3.8) is 0 Å². The van der Waals surface area contributed by atoms with Crippen LogP contribution >= 0.6 is 11.6 Å². The van der Waals surface area contributed by atoms with Crippen molar-refractivity contribution in [2.75, 3.05) is 19.6 Å². The Morgan fingerprint density at radius 2 is 2.19 bits per heavy atom. The first kappa shape index (κ1) is 16.3. The zero-order valence-electron chi connectivity index (χ0n) is 13.1. The molecule has 2 N–H and O–H groups in total. The van der Waals surface area contributed by atoms with Crippen LogP contribution in [-0.4, -0.2) is 25.5 Å². The van der Waals surface area contributed by atoms with Crippen LogP contribution in [0.25, 0.3) is 0 Å². The number of nitrogens with one attached hydrogen (secondary N) is 2. The van der Waals surface area contributed by atoms with Crippen LogP contribution in [-0.2, 0) is 11.2 Å². The van der Waals surface area contributed by atoms with Crippen molar-refractivity contribution in [2.24, 2.45) is 17.3 Å². The molecule has 0 radical (unpaired) electrons. The van der Waals surface area contributed by atoms with Gasteiger partial charge in [0, 0.05) is 17.5 Å². The Bertz CT molecular complexity index is 497. The van der Waals surface area contributed by atoms with Crippen LogP contribution in [0.3, 0.4) is 0 Å². The second-order valence-electron chi connectivity index (χ2n) is 6.90. The molecule has 1 heterocycles. The van der Waals surface area contributed by atoms with Crippen molar-refractivity contribution >= 4 is 17.5 Å². The maximum absolute atomic E-state index is 12.2. The maximum atomic E-state index is 12.2. The van der Waals surface area contributed by atoms with E-state index in [-0.39, 0.29) is 17.2 Å². The SMILES string of the molecule is CC(C(=O)NCC(C)(C)Cc1cccc(Cl)c1)C1CNC1. The molecule has 1 fully saturated rings. The summed E-state index contributed by atoms with van der Waals surface area (Å²) in [6.45, 7) is 8.96. The molecule has 0 saturated carbocycles. The molecular weight excluding hydrogens is 284 g/mol. The number of benzene rings is 1. The standard InChI is InChI=1S/C17H25ClN2O/c1-12(14-9-19-10-14)16(21)20-11-17(2,3)8-13-5-4-6-15(18)7-13/h4-7,12,14,19H,8-11H2,1-3H3,(H,20,21). The zero-order valence-corrected chi connectivity index (χ0v) is 13.8. The van der Waals surface area contributed by atoms with E-state index in [1.165, 1.54) is 5.56 Å². The highest BCUT2D eigenvalue weighted by Gasteiger charge is 2.29. The summed E-state index contributed by atoms with van der Waals surface area (Å²) in [5.41, 5.74) is 1.22. The first-order valence-corrected chi connectivity index (χ1v) is 7.98. The molecule has 1 aromatic carbocycles. The van der Waals surface area contributed by atoms with E-state index < -0.39 is 0 Å². The molecule has 116 valence electrons. The molecule has 3 nitrogen and oxygen atoms in total. The van der Waals surface area contributed by atoms with Gasteiger partial charge in [0.05, 0.1) is 0 Å². The zero-order chi connectivity index (χ0) is 15.5. The van der Waals surface area contributed by atoms with Crippen molar-refractivity contribution in [2.45, 2.75) is 27.2 Å². The van der Waals surface area contributed by atoms with Crippen LogP contribution in [0.1, 0.15) is 26.3 Å². The van der Waals surface area contributed by atoms with Gasteiger partial charge in [-0.15, -0.1) is 0 Å².